The SMILES string of the molecule is CCC(CCN)CCC(=O)NCCN1CCSCC1. The summed E-state index contributed by atoms with van der Waals surface area (Å²) in [7, 11) is 0. The fourth-order valence-electron chi connectivity index (χ4n) is 2.39. The van der Waals surface area contributed by atoms with Crippen molar-refractivity contribution in [3.8, 4) is 0 Å². The third kappa shape index (κ3) is 7.80. The van der Waals surface area contributed by atoms with Crippen molar-refractivity contribution in [2.24, 2.45) is 11.7 Å². The highest BCUT2D eigenvalue weighted by Gasteiger charge is 2.11. The summed E-state index contributed by atoms with van der Waals surface area (Å²) in [6.45, 7) is 7.01. The lowest BCUT2D eigenvalue weighted by Crippen LogP contribution is -2.39. The second-order valence-corrected chi connectivity index (χ2v) is 6.42. The quantitative estimate of drug-likeness (QED) is 0.671. The Kier molecular flexibility index (Phi) is 9.30. The van der Waals surface area contributed by atoms with Gasteiger partial charge in [-0.3, -0.25) is 9.69 Å². The van der Waals surface area contributed by atoms with Crippen molar-refractivity contribution in [3.63, 3.8) is 0 Å². The highest BCUT2D eigenvalue weighted by Crippen LogP contribution is 2.14. The van der Waals surface area contributed by atoms with Gasteiger partial charge in [0, 0.05) is 44.1 Å². The Balaban J connectivity index is 2.03. The molecule has 0 bridgehead atoms. The van der Waals surface area contributed by atoms with E-state index in [1.54, 1.807) is 0 Å². The molecule has 1 aliphatic heterocycles. The van der Waals surface area contributed by atoms with Gasteiger partial charge in [-0.05, 0) is 25.3 Å². The molecule has 0 aromatic rings. The minimum absolute atomic E-state index is 0.196. The molecule has 112 valence electrons. The largest absolute Gasteiger partial charge is 0.355 e. The number of hydrogen-bond acceptors (Lipinski definition) is 4. The van der Waals surface area contributed by atoms with Crippen LogP contribution in [0.15, 0.2) is 0 Å². The van der Waals surface area contributed by atoms with Gasteiger partial charge in [0.1, 0.15) is 0 Å². The molecule has 5 heteroatoms. The number of nitrogens with zero attached hydrogens (tertiary/aromatic N) is 1. The first-order valence-electron chi connectivity index (χ1n) is 7.53. The summed E-state index contributed by atoms with van der Waals surface area (Å²) < 4.78 is 0. The van der Waals surface area contributed by atoms with Crippen LogP contribution in [0.3, 0.4) is 0 Å². The Bertz CT molecular complexity index is 245. The van der Waals surface area contributed by atoms with E-state index in [4.69, 9.17) is 5.73 Å². The molecule has 1 fully saturated rings. The number of thioether (sulfide) groups is 1. The van der Waals surface area contributed by atoms with E-state index in [1.165, 1.54) is 11.5 Å². The highest BCUT2D eigenvalue weighted by molar-refractivity contribution is 7.99. The third-order valence-corrected chi connectivity index (χ3v) is 4.73. The van der Waals surface area contributed by atoms with Crippen molar-refractivity contribution in [1.29, 1.82) is 0 Å². The zero-order valence-electron chi connectivity index (χ0n) is 12.2. The smallest absolute Gasteiger partial charge is 0.220 e. The number of carbonyl (C=O) groups is 1. The number of nitrogens with one attached hydrogen (secondary N) is 1. The van der Waals surface area contributed by atoms with E-state index in [-0.39, 0.29) is 5.91 Å². The number of nitrogens with two attached hydrogens (primary N) is 1. The van der Waals surface area contributed by atoms with Crippen molar-refractivity contribution < 1.29 is 4.79 Å². The molecule has 3 N–H and O–H groups in total. The molecular weight excluding hydrogens is 258 g/mol. The Hall–Kier alpha value is -0.260. The van der Waals surface area contributed by atoms with Crippen LogP contribution in [0.1, 0.15) is 32.6 Å². The second-order valence-electron chi connectivity index (χ2n) is 5.19. The molecule has 1 aliphatic rings. The molecule has 1 amide bonds. The van der Waals surface area contributed by atoms with E-state index in [0.717, 1.165) is 52.0 Å². The Morgan fingerprint density at radius 2 is 2.11 bits per heavy atom. The van der Waals surface area contributed by atoms with Gasteiger partial charge in [-0.1, -0.05) is 13.3 Å². The van der Waals surface area contributed by atoms with Crippen LogP contribution in [0.2, 0.25) is 0 Å². The summed E-state index contributed by atoms with van der Waals surface area (Å²) in [6, 6.07) is 0. The summed E-state index contributed by atoms with van der Waals surface area (Å²) in [5.41, 5.74) is 5.57. The van der Waals surface area contributed by atoms with Crippen LogP contribution in [-0.2, 0) is 4.79 Å². The molecule has 1 unspecified atom stereocenters. The normalized spacial score (nSPS) is 18.2. The minimum atomic E-state index is 0.196. The Morgan fingerprint density at radius 3 is 2.74 bits per heavy atom. The molecule has 1 saturated heterocycles. The van der Waals surface area contributed by atoms with Crippen LogP contribution in [0, 0.1) is 5.92 Å². The zero-order valence-corrected chi connectivity index (χ0v) is 13.0. The molecule has 4 nitrogen and oxygen atoms in total. The summed E-state index contributed by atoms with van der Waals surface area (Å²) in [5.74, 6) is 3.26. The maximum Gasteiger partial charge on any atom is 0.220 e. The van der Waals surface area contributed by atoms with Gasteiger partial charge < -0.3 is 11.1 Å². The van der Waals surface area contributed by atoms with Gasteiger partial charge in [-0.15, -0.1) is 0 Å². The van der Waals surface area contributed by atoms with Crippen LogP contribution in [0.25, 0.3) is 0 Å². The van der Waals surface area contributed by atoms with Crippen LogP contribution >= 0.6 is 11.8 Å². The number of hydrogen-bond donors (Lipinski definition) is 2. The average molecular weight is 287 g/mol. The summed E-state index contributed by atoms with van der Waals surface area (Å²) in [5, 5.41) is 3.03. The molecule has 0 aromatic carbocycles. The topological polar surface area (TPSA) is 58.4 Å². The van der Waals surface area contributed by atoms with E-state index in [9.17, 15) is 4.79 Å². The fourth-order valence-corrected chi connectivity index (χ4v) is 3.37. The fraction of sp³-hybridized carbons (Fsp3) is 0.929. The van der Waals surface area contributed by atoms with Gasteiger partial charge in [-0.25, -0.2) is 0 Å². The standard InChI is InChI=1S/C14H29N3OS/c1-2-13(5-6-15)3-4-14(18)16-7-8-17-9-11-19-12-10-17/h13H,2-12,15H2,1H3,(H,16,18). The van der Waals surface area contributed by atoms with Gasteiger partial charge in [-0.2, -0.15) is 11.8 Å². The first-order chi connectivity index (χ1) is 9.26. The van der Waals surface area contributed by atoms with Gasteiger partial charge in [0.15, 0.2) is 0 Å². The van der Waals surface area contributed by atoms with Crippen molar-refractivity contribution in [3.05, 3.63) is 0 Å². The van der Waals surface area contributed by atoms with E-state index in [2.05, 4.69) is 17.1 Å². The number of amides is 1. The first-order valence-corrected chi connectivity index (χ1v) is 8.68. The van der Waals surface area contributed by atoms with Gasteiger partial charge >= 0.3 is 0 Å². The molecule has 0 aromatic heterocycles. The number of carbonyl (C=O) groups excluding carboxylic acids is 1. The predicted molar refractivity (Wildman–Crippen MR) is 83.5 cm³/mol. The van der Waals surface area contributed by atoms with E-state index < -0.39 is 0 Å². The summed E-state index contributed by atoms with van der Waals surface area (Å²) in [4.78, 5) is 14.2. The van der Waals surface area contributed by atoms with Gasteiger partial charge in [0.25, 0.3) is 0 Å². The third-order valence-electron chi connectivity index (χ3n) is 3.79. The molecule has 0 radical (unpaired) electrons. The molecule has 0 saturated carbocycles. The molecule has 0 aliphatic carbocycles. The van der Waals surface area contributed by atoms with Crippen LogP contribution in [0.4, 0.5) is 0 Å². The molecular formula is C14H29N3OS. The van der Waals surface area contributed by atoms with Crippen molar-refractivity contribution >= 4 is 17.7 Å². The summed E-state index contributed by atoms with van der Waals surface area (Å²) >= 11 is 2.02. The van der Waals surface area contributed by atoms with Crippen molar-refractivity contribution in [2.45, 2.75) is 32.6 Å². The highest BCUT2D eigenvalue weighted by atomic mass is 32.2. The van der Waals surface area contributed by atoms with Crippen LogP contribution < -0.4 is 11.1 Å². The number of rotatable bonds is 9. The maximum atomic E-state index is 11.7. The van der Waals surface area contributed by atoms with E-state index in [0.29, 0.717) is 12.3 Å². The van der Waals surface area contributed by atoms with Crippen molar-refractivity contribution in [1.82, 2.24) is 10.2 Å². The lowest BCUT2D eigenvalue weighted by atomic mass is 9.96. The molecule has 1 rings (SSSR count). The van der Waals surface area contributed by atoms with E-state index >= 15 is 0 Å². The second kappa shape index (κ2) is 10.5. The lowest BCUT2D eigenvalue weighted by molar-refractivity contribution is -0.121. The van der Waals surface area contributed by atoms with Crippen LogP contribution in [-0.4, -0.2) is 55.0 Å². The molecule has 19 heavy (non-hydrogen) atoms. The Labute approximate surface area is 121 Å². The Morgan fingerprint density at radius 1 is 1.37 bits per heavy atom. The molecule has 1 heterocycles. The molecule has 0 spiro atoms. The van der Waals surface area contributed by atoms with Gasteiger partial charge in [0.05, 0.1) is 0 Å². The zero-order chi connectivity index (χ0) is 13.9. The minimum Gasteiger partial charge on any atom is -0.355 e. The molecule has 1 atom stereocenters. The van der Waals surface area contributed by atoms with Crippen molar-refractivity contribution in [2.75, 3.05) is 44.2 Å². The summed E-state index contributed by atoms with van der Waals surface area (Å²) in [6.07, 6.45) is 3.78. The van der Waals surface area contributed by atoms with Gasteiger partial charge in [0.2, 0.25) is 5.91 Å². The maximum absolute atomic E-state index is 11.7. The van der Waals surface area contributed by atoms with E-state index in [1.807, 2.05) is 11.8 Å². The first kappa shape index (κ1) is 16.8. The van der Waals surface area contributed by atoms with Crippen LogP contribution in [0.5, 0.6) is 0 Å². The average Bonchev–Trinajstić information content (AvgIpc) is 2.44. The lowest BCUT2D eigenvalue weighted by Gasteiger charge is -2.26. The monoisotopic (exact) mass is 287 g/mol. The predicted octanol–water partition coefficient (Wildman–Crippen LogP) is 1.31.